The van der Waals surface area contributed by atoms with E-state index in [1.54, 1.807) is 0 Å². The first-order valence-corrected chi connectivity index (χ1v) is 3.28. The second kappa shape index (κ2) is 4.73. The van der Waals surface area contributed by atoms with Crippen molar-refractivity contribution in [2.24, 2.45) is 17.4 Å². The highest BCUT2D eigenvalue weighted by molar-refractivity contribution is 4.67. The van der Waals surface area contributed by atoms with Gasteiger partial charge in [-0.25, -0.2) is 0 Å². The molecule has 0 aromatic carbocycles. The molecule has 5 N–H and O–H groups in total. The largest absolute Gasteiger partial charge is 0.396 e. The lowest BCUT2D eigenvalue weighted by Crippen LogP contribution is -2.32. The van der Waals surface area contributed by atoms with E-state index < -0.39 is 0 Å². The summed E-state index contributed by atoms with van der Waals surface area (Å²) in [5.41, 5.74) is 10.9. The molecule has 0 saturated carbocycles. The first-order valence-electron chi connectivity index (χ1n) is 3.28. The predicted molar refractivity (Wildman–Crippen MR) is 37.9 cm³/mol. The highest BCUT2D eigenvalue weighted by atomic mass is 16.3. The number of hydrogen-bond donors (Lipinski definition) is 3. The minimum absolute atomic E-state index is 0.0556. The van der Waals surface area contributed by atoms with E-state index in [1.165, 1.54) is 0 Å². The van der Waals surface area contributed by atoms with Crippen LogP contribution in [0.3, 0.4) is 0 Å². The zero-order chi connectivity index (χ0) is 7.28. The number of aliphatic hydroxyl groups excluding tert-OH is 1. The summed E-state index contributed by atoms with van der Waals surface area (Å²) in [5.74, 6) is 0.175. The fraction of sp³-hybridized carbons (Fsp3) is 1.00. The van der Waals surface area contributed by atoms with Gasteiger partial charge in [0.15, 0.2) is 0 Å². The zero-order valence-electron chi connectivity index (χ0n) is 5.88. The van der Waals surface area contributed by atoms with E-state index in [2.05, 4.69) is 0 Å². The Balaban J connectivity index is 3.32. The Morgan fingerprint density at radius 2 is 2.11 bits per heavy atom. The van der Waals surface area contributed by atoms with Crippen LogP contribution in [0.5, 0.6) is 0 Å². The topological polar surface area (TPSA) is 72.3 Å². The molecule has 0 spiro atoms. The van der Waals surface area contributed by atoms with Crippen molar-refractivity contribution in [1.82, 2.24) is 0 Å². The third-order valence-electron chi connectivity index (χ3n) is 1.52. The maximum absolute atomic E-state index is 8.61. The van der Waals surface area contributed by atoms with Crippen molar-refractivity contribution >= 4 is 0 Å². The van der Waals surface area contributed by atoms with Crippen LogP contribution in [0.1, 0.15) is 13.3 Å². The number of aliphatic hydroxyl groups is 1. The molecule has 0 aliphatic heterocycles. The Morgan fingerprint density at radius 1 is 1.56 bits per heavy atom. The van der Waals surface area contributed by atoms with Crippen molar-refractivity contribution in [3.05, 3.63) is 0 Å². The van der Waals surface area contributed by atoms with Gasteiger partial charge < -0.3 is 16.6 Å². The minimum atomic E-state index is 0.0556. The summed E-state index contributed by atoms with van der Waals surface area (Å²) < 4.78 is 0. The lowest BCUT2D eigenvalue weighted by Gasteiger charge is -2.15. The normalized spacial score (nSPS) is 17.3. The zero-order valence-corrected chi connectivity index (χ0v) is 5.88. The first kappa shape index (κ1) is 8.88. The lowest BCUT2D eigenvalue weighted by molar-refractivity contribution is 0.213. The molecule has 0 heterocycles. The van der Waals surface area contributed by atoms with Gasteiger partial charge >= 0.3 is 0 Å². The molecule has 0 bridgehead atoms. The summed E-state index contributed by atoms with van der Waals surface area (Å²) in [7, 11) is 0. The summed E-state index contributed by atoms with van der Waals surface area (Å²) in [5, 5.41) is 8.61. The van der Waals surface area contributed by atoms with Gasteiger partial charge in [0.1, 0.15) is 0 Å². The van der Waals surface area contributed by atoms with Crippen molar-refractivity contribution < 1.29 is 5.11 Å². The number of rotatable bonds is 4. The van der Waals surface area contributed by atoms with Crippen LogP contribution >= 0.6 is 0 Å². The Kier molecular flexibility index (Phi) is 4.67. The smallest absolute Gasteiger partial charge is 0.0471 e. The van der Waals surface area contributed by atoms with E-state index in [1.807, 2.05) is 6.92 Å². The van der Waals surface area contributed by atoms with Crippen LogP contribution in [0, 0.1) is 5.92 Å². The Labute approximate surface area is 56.0 Å². The first-order chi connectivity index (χ1) is 4.22. The molecule has 0 aromatic heterocycles. The molecule has 0 rings (SSSR count). The van der Waals surface area contributed by atoms with Crippen molar-refractivity contribution in [3.8, 4) is 0 Å². The summed E-state index contributed by atoms with van der Waals surface area (Å²) in [6, 6.07) is 0.0556. The molecule has 3 nitrogen and oxygen atoms in total. The standard InChI is InChI=1S/C6H16N2O/c1-5(4-9)6(8)2-3-7/h5-6,9H,2-4,7-8H2,1H3. The molecule has 2 unspecified atom stereocenters. The van der Waals surface area contributed by atoms with Crippen molar-refractivity contribution in [2.75, 3.05) is 13.2 Å². The van der Waals surface area contributed by atoms with Crippen LogP contribution in [0.15, 0.2) is 0 Å². The third-order valence-corrected chi connectivity index (χ3v) is 1.52. The maximum atomic E-state index is 8.61. The highest BCUT2D eigenvalue weighted by Crippen LogP contribution is 2.00. The number of hydrogen-bond acceptors (Lipinski definition) is 3. The average molecular weight is 132 g/mol. The quantitative estimate of drug-likeness (QED) is 0.473. The molecule has 0 aromatic rings. The molecule has 0 amide bonds. The van der Waals surface area contributed by atoms with Crippen LogP contribution in [0.2, 0.25) is 0 Å². The molecule has 0 fully saturated rings. The van der Waals surface area contributed by atoms with Gasteiger partial charge in [-0.2, -0.15) is 0 Å². The fourth-order valence-electron chi connectivity index (χ4n) is 0.612. The van der Waals surface area contributed by atoms with Gasteiger partial charge in [-0.3, -0.25) is 0 Å². The second-order valence-corrected chi connectivity index (χ2v) is 2.40. The van der Waals surface area contributed by atoms with E-state index in [-0.39, 0.29) is 18.6 Å². The Morgan fingerprint density at radius 3 is 2.44 bits per heavy atom. The predicted octanol–water partition coefficient (Wildman–Crippen LogP) is -0.709. The number of nitrogens with two attached hydrogens (primary N) is 2. The molecule has 3 heteroatoms. The SMILES string of the molecule is CC(CO)C(N)CCN. The average Bonchev–Trinajstić information content (AvgIpc) is 1.87. The van der Waals surface area contributed by atoms with E-state index in [9.17, 15) is 0 Å². The third kappa shape index (κ3) is 3.46. The van der Waals surface area contributed by atoms with E-state index >= 15 is 0 Å². The van der Waals surface area contributed by atoms with Gasteiger partial charge in [-0.05, 0) is 18.9 Å². The van der Waals surface area contributed by atoms with Gasteiger partial charge in [-0.1, -0.05) is 6.92 Å². The molecule has 56 valence electrons. The van der Waals surface area contributed by atoms with E-state index in [4.69, 9.17) is 16.6 Å². The van der Waals surface area contributed by atoms with Gasteiger partial charge in [0.25, 0.3) is 0 Å². The van der Waals surface area contributed by atoms with E-state index in [0.717, 1.165) is 6.42 Å². The summed E-state index contributed by atoms with van der Waals surface area (Å²) in [4.78, 5) is 0. The van der Waals surface area contributed by atoms with E-state index in [0.29, 0.717) is 6.54 Å². The maximum Gasteiger partial charge on any atom is 0.0471 e. The molecule has 2 atom stereocenters. The highest BCUT2D eigenvalue weighted by Gasteiger charge is 2.09. The van der Waals surface area contributed by atoms with Crippen molar-refractivity contribution in [3.63, 3.8) is 0 Å². The molecular weight excluding hydrogens is 116 g/mol. The lowest BCUT2D eigenvalue weighted by atomic mass is 10.0. The molecular formula is C6H16N2O. The molecule has 0 radical (unpaired) electrons. The summed E-state index contributed by atoms with van der Waals surface area (Å²) in [6.07, 6.45) is 0.793. The summed E-state index contributed by atoms with van der Waals surface area (Å²) >= 11 is 0. The molecule has 0 aliphatic carbocycles. The second-order valence-electron chi connectivity index (χ2n) is 2.40. The molecule has 0 aliphatic rings. The fourth-order valence-corrected chi connectivity index (χ4v) is 0.612. The Bertz CT molecular complexity index is 68.1. The summed E-state index contributed by atoms with van der Waals surface area (Å²) in [6.45, 7) is 2.67. The van der Waals surface area contributed by atoms with Crippen LogP contribution in [0.25, 0.3) is 0 Å². The molecule has 9 heavy (non-hydrogen) atoms. The monoisotopic (exact) mass is 132 g/mol. The van der Waals surface area contributed by atoms with Crippen LogP contribution in [-0.2, 0) is 0 Å². The van der Waals surface area contributed by atoms with Crippen LogP contribution in [0.4, 0.5) is 0 Å². The van der Waals surface area contributed by atoms with Gasteiger partial charge in [0.05, 0.1) is 0 Å². The van der Waals surface area contributed by atoms with Gasteiger partial charge in [0, 0.05) is 12.6 Å². The van der Waals surface area contributed by atoms with Crippen LogP contribution in [-0.4, -0.2) is 24.3 Å². The minimum Gasteiger partial charge on any atom is -0.396 e. The van der Waals surface area contributed by atoms with Crippen molar-refractivity contribution in [1.29, 1.82) is 0 Å². The van der Waals surface area contributed by atoms with Gasteiger partial charge in [-0.15, -0.1) is 0 Å². The Hall–Kier alpha value is -0.120. The van der Waals surface area contributed by atoms with Gasteiger partial charge in [0.2, 0.25) is 0 Å². The molecule has 0 saturated heterocycles. The van der Waals surface area contributed by atoms with Crippen molar-refractivity contribution in [2.45, 2.75) is 19.4 Å². The van der Waals surface area contributed by atoms with Crippen LogP contribution < -0.4 is 11.5 Å².